The molecule has 1 aliphatic rings. The average molecular weight is 550 g/mol. The van der Waals surface area contributed by atoms with Crippen LogP contribution in [-0.4, -0.2) is 26.1 Å². The molecule has 0 saturated carbocycles. The molecular weight excluding hydrogens is 522 g/mol. The number of amides is 1. The first kappa shape index (κ1) is 25.7. The summed E-state index contributed by atoms with van der Waals surface area (Å²) >= 11 is 6.53. The van der Waals surface area contributed by atoms with Crippen LogP contribution in [0.4, 0.5) is 0 Å². The number of ether oxygens (including phenoxy) is 1. The van der Waals surface area contributed by atoms with Crippen molar-refractivity contribution in [3.63, 3.8) is 0 Å². The number of aromatic nitrogens is 2. The van der Waals surface area contributed by atoms with Crippen LogP contribution in [0.15, 0.2) is 91.0 Å². The number of fused-ring (bicyclic) bond motifs is 1. The fourth-order valence-electron chi connectivity index (χ4n) is 5.48. The molecule has 0 bridgehead atoms. The number of rotatable bonds is 7. The number of phenolic OH excluding ortho intramolecular Hbond substituents is 1. The van der Waals surface area contributed by atoms with Crippen LogP contribution in [0.5, 0.6) is 11.5 Å². The number of aromatic hydroxyl groups is 1. The van der Waals surface area contributed by atoms with Crippen molar-refractivity contribution in [2.45, 2.75) is 33.0 Å². The van der Waals surface area contributed by atoms with E-state index in [0.717, 1.165) is 33.4 Å². The van der Waals surface area contributed by atoms with Gasteiger partial charge in [-0.3, -0.25) is 9.89 Å². The molecule has 6 nitrogen and oxygen atoms in total. The van der Waals surface area contributed by atoms with Crippen LogP contribution in [0, 0.1) is 13.8 Å². The van der Waals surface area contributed by atoms with Gasteiger partial charge in [0, 0.05) is 22.7 Å². The summed E-state index contributed by atoms with van der Waals surface area (Å²) in [7, 11) is 0. The molecule has 5 aromatic rings. The molecule has 40 heavy (non-hydrogen) atoms. The number of carbonyl (C=O) groups is 1. The minimum absolute atomic E-state index is 0.127. The van der Waals surface area contributed by atoms with E-state index in [0.29, 0.717) is 40.9 Å². The molecule has 200 valence electrons. The first-order chi connectivity index (χ1) is 19.4. The number of nitrogens with one attached hydrogen (secondary N) is 1. The predicted molar refractivity (Wildman–Crippen MR) is 156 cm³/mol. The molecule has 0 saturated heterocycles. The van der Waals surface area contributed by atoms with Crippen molar-refractivity contribution < 1.29 is 14.6 Å². The molecule has 4 aromatic carbocycles. The number of benzene rings is 4. The van der Waals surface area contributed by atoms with Crippen molar-refractivity contribution in [2.75, 3.05) is 0 Å². The molecule has 7 heteroatoms. The van der Waals surface area contributed by atoms with Gasteiger partial charge in [-0.05, 0) is 65.9 Å². The van der Waals surface area contributed by atoms with Gasteiger partial charge in [0.05, 0.1) is 6.04 Å². The molecule has 1 aromatic heterocycles. The third-order valence-corrected chi connectivity index (χ3v) is 7.65. The Morgan fingerprint density at radius 1 is 0.975 bits per heavy atom. The first-order valence-electron chi connectivity index (χ1n) is 13.1. The quantitative estimate of drug-likeness (QED) is 0.222. The van der Waals surface area contributed by atoms with Crippen LogP contribution in [0.2, 0.25) is 5.02 Å². The molecule has 0 radical (unpaired) electrons. The second-order valence-electron chi connectivity index (χ2n) is 10.1. The molecule has 0 fully saturated rings. The van der Waals surface area contributed by atoms with Crippen molar-refractivity contribution in [3.8, 4) is 22.8 Å². The molecule has 2 N–H and O–H groups in total. The monoisotopic (exact) mass is 549 g/mol. The summed E-state index contributed by atoms with van der Waals surface area (Å²) in [6, 6.07) is 28.5. The van der Waals surface area contributed by atoms with Crippen LogP contribution in [0.1, 0.15) is 49.9 Å². The van der Waals surface area contributed by atoms with Gasteiger partial charge < -0.3 is 14.7 Å². The molecule has 1 unspecified atom stereocenters. The van der Waals surface area contributed by atoms with Gasteiger partial charge in [-0.1, -0.05) is 78.3 Å². The van der Waals surface area contributed by atoms with E-state index in [4.69, 9.17) is 16.3 Å². The van der Waals surface area contributed by atoms with E-state index < -0.39 is 6.04 Å². The van der Waals surface area contributed by atoms with Crippen molar-refractivity contribution >= 4 is 17.5 Å². The zero-order chi connectivity index (χ0) is 27.8. The Morgan fingerprint density at radius 2 is 1.75 bits per heavy atom. The van der Waals surface area contributed by atoms with Crippen molar-refractivity contribution in [2.24, 2.45) is 0 Å². The number of aromatic amines is 1. The van der Waals surface area contributed by atoms with Gasteiger partial charge >= 0.3 is 0 Å². The predicted octanol–water partition coefficient (Wildman–Crippen LogP) is 7.38. The zero-order valence-corrected chi connectivity index (χ0v) is 22.9. The average Bonchev–Trinajstić information content (AvgIpc) is 3.48. The minimum atomic E-state index is -0.479. The highest BCUT2D eigenvalue weighted by atomic mass is 35.5. The lowest BCUT2D eigenvalue weighted by molar-refractivity contribution is 0.0730. The van der Waals surface area contributed by atoms with E-state index in [-0.39, 0.29) is 11.7 Å². The number of hydrogen-bond donors (Lipinski definition) is 2. The summed E-state index contributed by atoms with van der Waals surface area (Å²) in [5.74, 6) is 0.639. The Balaban J connectivity index is 1.45. The maximum Gasteiger partial charge on any atom is 0.273 e. The summed E-state index contributed by atoms with van der Waals surface area (Å²) in [6.07, 6.45) is 0. The number of hydrogen-bond acceptors (Lipinski definition) is 4. The lowest BCUT2D eigenvalue weighted by Gasteiger charge is -2.27. The van der Waals surface area contributed by atoms with Gasteiger partial charge in [0.1, 0.15) is 29.5 Å². The Labute approximate surface area is 237 Å². The second kappa shape index (κ2) is 10.5. The molecule has 0 spiro atoms. The van der Waals surface area contributed by atoms with Crippen LogP contribution in [0.3, 0.4) is 0 Å². The number of H-pyrrole nitrogens is 1. The normalized spacial score (nSPS) is 14.4. The van der Waals surface area contributed by atoms with Gasteiger partial charge in [0.15, 0.2) is 0 Å². The van der Waals surface area contributed by atoms with E-state index in [1.54, 1.807) is 11.0 Å². The van der Waals surface area contributed by atoms with Crippen LogP contribution >= 0.6 is 11.6 Å². The second-order valence-corrected chi connectivity index (χ2v) is 10.5. The fourth-order valence-corrected chi connectivity index (χ4v) is 5.67. The smallest absolute Gasteiger partial charge is 0.273 e. The molecule has 1 atom stereocenters. The number of halogens is 1. The highest BCUT2D eigenvalue weighted by molar-refractivity contribution is 6.31. The number of nitrogens with zero attached hydrogens (tertiary/aromatic N) is 2. The molecule has 1 amide bonds. The zero-order valence-electron chi connectivity index (χ0n) is 22.2. The first-order valence-corrected chi connectivity index (χ1v) is 13.5. The van der Waals surface area contributed by atoms with Crippen LogP contribution in [0.25, 0.3) is 11.3 Å². The summed E-state index contributed by atoms with van der Waals surface area (Å²) in [5.41, 5.74) is 6.89. The van der Waals surface area contributed by atoms with Gasteiger partial charge in [-0.15, -0.1) is 0 Å². The van der Waals surface area contributed by atoms with E-state index in [2.05, 4.69) is 10.2 Å². The topological polar surface area (TPSA) is 78.5 Å². The molecule has 1 aliphatic heterocycles. The van der Waals surface area contributed by atoms with E-state index in [1.807, 2.05) is 98.8 Å². The number of phenols is 1. The molecular formula is C33H28ClN3O3. The fraction of sp³-hybridized carbons (Fsp3) is 0.152. The molecule has 6 rings (SSSR count). The van der Waals surface area contributed by atoms with Gasteiger partial charge in [-0.25, -0.2) is 0 Å². The lowest BCUT2D eigenvalue weighted by Crippen LogP contribution is -2.29. The van der Waals surface area contributed by atoms with Gasteiger partial charge in [-0.2, -0.15) is 5.10 Å². The number of aryl methyl sites for hydroxylation is 2. The molecule has 0 aliphatic carbocycles. The highest BCUT2D eigenvalue weighted by Gasteiger charge is 2.43. The van der Waals surface area contributed by atoms with E-state index in [9.17, 15) is 9.90 Å². The van der Waals surface area contributed by atoms with Crippen LogP contribution in [-0.2, 0) is 13.2 Å². The van der Waals surface area contributed by atoms with E-state index in [1.165, 1.54) is 0 Å². The van der Waals surface area contributed by atoms with Crippen LogP contribution < -0.4 is 4.74 Å². The summed E-state index contributed by atoms with van der Waals surface area (Å²) in [6.45, 7) is 4.60. The van der Waals surface area contributed by atoms with Gasteiger partial charge in [0.2, 0.25) is 0 Å². The largest absolute Gasteiger partial charge is 0.507 e. The summed E-state index contributed by atoms with van der Waals surface area (Å²) in [5, 5.41) is 19.1. The number of carbonyl (C=O) groups excluding carboxylic acids is 1. The van der Waals surface area contributed by atoms with Gasteiger partial charge in [0.25, 0.3) is 5.91 Å². The van der Waals surface area contributed by atoms with Crippen molar-refractivity contribution in [1.29, 1.82) is 0 Å². The summed E-state index contributed by atoms with van der Waals surface area (Å²) < 4.78 is 6.14. The Kier molecular flexibility index (Phi) is 6.78. The standard InChI is InChI=1S/C33H28ClN3O3/c1-20-15-21(2)28(27(38)16-20)30-29-31(36-35-30)33(39)37(18-24-11-6-7-14-26(24)34)32(29)23-12-8-13-25(17-23)40-19-22-9-4-3-5-10-22/h3-17,32,38H,18-19H2,1-2H3,(H,35,36). The highest BCUT2D eigenvalue weighted by Crippen LogP contribution is 2.46. The Hall–Kier alpha value is -4.55. The Morgan fingerprint density at radius 3 is 2.52 bits per heavy atom. The maximum atomic E-state index is 13.9. The Bertz CT molecular complexity index is 1690. The summed E-state index contributed by atoms with van der Waals surface area (Å²) in [4.78, 5) is 15.7. The molecule has 2 heterocycles. The third kappa shape index (κ3) is 4.71. The third-order valence-electron chi connectivity index (χ3n) is 7.28. The van der Waals surface area contributed by atoms with Crippen molar-refractivity contribution in [1.82, 2.24) is 15.1 Å². The maximum absolute atomic E-state index is 13.9. The van der Waals surface area contributed by atoms with Crippen molar-refractivity contribution in [3.05, 3.63) is 135 Å². The van der Waals surface area contributed by atoms with E-state index >= 15 is 0 Å². The SMILES string of the molecule is Cc1cc(C)c(-c2n[nH]c3c2C(c2cccc(OCc4ccccc4)c2)N(Cc2ccccc2Cl)C3=O)c(O)c1. The lowest BCUT2D eigenvalue weighted by atomic mass is 9.93. The minimum Gasteiger partial charge on any atom is -0.507 e.